The molecule has 0 saturated heterocycles. The predicted octanol–water partition coefficient (Wildman–Crippen LogP) is 7.86. The van der Waals surface area contributed by atoms with Crippen molar-refractivity contribution in [2.75, 3.05) is 0 Å². The van der Waals surface area contributed by atoms with Crippen LogP contribution < -0.4 is 0 Å². The van der Waals surface area contributed by atoms with E-state index in [4.69, 9.17) is 0 Å². The Morgan fingerprint density at radius 2 is 1.48 bits per heavy atom. The Bertz CT molecular complexity index is 587. The molecular weight excluding hydrogens is 359 g/mol. The molecule has 0 nitrogen and oxygen atoms in total. The minimum atomic E-state index is -5.00. The first-order valence-electron chi connectivity index (χ1n) is 9.97. The van der Waals surface area contributed by atoms with Crippen LogP contribution in [0, 0.1) is 23.5 Å². The zero-order valence-corrected chi connectivity index (χ0v) is 15.9. The Hall–Kier alpha value is -1.39. The lowest BCUT2D eigenvalue weighted by Crippen LogP contribution is -2.16. The van der Waals surface area contributed by atoms with Crippen LogP contribution in [0.4, 0.5) is 22.0 Å². The fraction of sp³-hybridized carbons (Fsp3) is 0.636. The summed E-state index contributed by atoms with van der Waals surface area (Å²) in [5.41, 5.74) is -1.48. The van der Waals surface area contributed by atoms with Gasteiger partial charge in [0.2, 0.25) is 0 Å². The van der Waals surface area contributed by atoms with Crippen molar-refractivity contribution in [2.45, 2.75) is 77.3 Å². The molecule has 2 rings (SSSR count). The number of halogens is 5. The van der Waals surface area contributed by atoms with E-state index in [9.17, 15) is 22.0 Å². The number of aryl methyl sites for hydroxylation is 1. The third-order valence-corrected chi connectivity index (χ3v) is 5.66. The van der Waals surface area contributed by atoms with Gasteiger partial charge in [-0.15, -0.1) is 0 Å². The summed E-state index contributed by atoms with van der Waals surface area (Å²) in [6.45, 7) is 2.04. The van der Waals surface area contributed by atoms with Gasteiger partial charge in [0.05, 0.1) is 0 Å². The maximum atomic E-state index is 13.7. The largest absolute Gasteiger partial charge is 0.422 e. The molecule has 0 radical (unpaired) electrons. The Morgan fingerprint density at radius 1 is 0.926 bits per heavy atom. The second-order valence-corrected chi connectivity index (χ2v) is 7.71. The highest BCUT2D eigenvalue weighted by Gasteiger charge is 2.37. The van der Waals surface area contributed by atoms with Crippen LogP contribution in [0.25, 0.3) is 0 Å². The first-order chi connectivity index (χ1) is 12.8. The van der Waals surface area contributed by atoms with Crippen molar-refractivity contribution in [3.8, 4) is 0 Å². The van der Waals surface area contributed by atoms with Crippen molar-refractivity contribution in [3.05, 3.63) is 47.0 Å². The van der Waals surface area contributed by atoms with E-state index in [0.717, 1.165) is 43.7 Å². The second-order valence-electron chi connectivity index (χ2n) is 7.71. The summed E-state index contributed by atoms with van der Waals surface area (Å²) in [6, 6.07) is 1.67. The van der Waals surface area contributed by atoms with E-state index in [1.807, 2.05) is 6.92 Å². The molecule has 1 aliphatic rings. The van der Waals surface area contributed by atoms with Gasteiger partial charge in [0.25, 0.3) is 0 Å². The van der Waals surface area contributed by atoms with Crippen LogP contribution in [0.2, 0.25) is 0 Å². The minimum Gasteiger partial charge on any atom is -0.206 e. The third-order valence-electron chi connectivity index (χ3n) is 5.66. The molecular formula is C22H29F5. The van der Waals surface area contributed by atoms with Gasteiger partial charge in [-0.25, -0.2) is 8.78 Å². The average Bonchev–Trinajstić information content (AvgIpc) is 2.59. The van der Waals surface area contributed by atoms with Gasteiger partial charge in [-0.2, -0.15) is 13.2 Å². The van der Waals surface area contributed by atoms with Crippen molar-refractivity contribution in [1.82, 2.24) is 0 Å². The zero-order valence-electron chi connectivity index (χ0n) is 15.9. The maximum Gasteiger partial charge on any atom is 0.422 e. The number of alkyl halides is 3. The van der Waals surface area contributed by atoms with E-state index >= 15 is 0 Å². The van der Waals surface area contributed by atoms with Gasteiger partial charge in [0.1, 0.15) is 17.2 Å². The van der Waals surface area contributed by atoms with Crippen molar-refractivity contribution in [3.63, 3.8) is 0 Å². The standard InChI is InChI=1S/C22H29F5/c1-2-3-4-5-6-7-16-8-10-17(11-9-16)12-13-18-14-19(23)21(20(24)15-18)22(25,26)27/h2-3,14-17H,4-13H2,1H3/b3-2+. The molecule has 0 amide bonds. The normalized spacial score (nSPS) is 21.1. The number of unbranched alkanes of at least 4 members (excludes halogenated alkanes) is 2. The third kappa shape index (κ3) is 6.93. The van der Waals surface area contributed by atoms with E-state index < -0.39 is 23.4 Å². The van der Waals surface area contributed by atoms with Gasteiger partial charge < -0.3 is 0 Å². The highest BCUT2D eigenvalue weighted by molar-refractivity contribution is 5.28. The van der Waals surface area contributed by atoms with Crippen molar-refractivity contribution in [1.29, 1.82) is 0 Å². The van der Waals surface area contributed by atoms with Crippen molar-refractivity contribution in [2.24, 2.45) is 11.8 Å². The molecule has 0 bridgehead atoms. The molecule has 0 unspecified atom stereocenters. The van der Waals surface area contributed by atoms with Gasteiger partial charge in [0, 0.05) is 0 Å². The SMILES string of the molecule is C/C=C/CCCCC1CCC(CCc2cc(F)c(C(F)(F)F)c(F)c2)CC1. The summed E-state index contributed by atoms with van der Waals surface area (Å²) in [5, 5.41) is 0. The molecule has 0 heterocycles. The maximum absolute atomic E-state index is 13.7. The minimum absolute atomic E-state index is 0.309. The Morgan fingerprint density at radius 3 is 2.00 bits per heavy atom. The summed E-state index contributed by atoms with van der Waals surface area (Å²) in [4.78, 5) is 0. The van der Waals surface area contributed by atoms with Gasteiger partial charge in [-0.3, -0.25) is 0 Å². The van der Waals surface area contributed by atoms with E-state index in [-0.39, 0.29) is 0 Å². The van der Waals surface area contributed by atoms with E-state index in [2.05, 4.69) is 12.2 Å². The Labute approximate surface area is 158 Å². The van der Waals surface area contributed by atoms with Crippen LogP contribution in [0.5, 0.6) is 0 Å². The first kappa shape index (κ1) is 21.9. The molecule has 1 aliphatic carbocycles. The topological polar surface area (TPSA) is 0 Å². The van der Waals surface area contributed by atoms with Crippen LogP contribution in [-0.2, 0) is 12.6 Å². The number of hydrogen-bond acceptors (Lipinski definition) is 0. The van der Waals surface area contributed by atoms with Gasteiger partial charge in [-0.1, -0.05) is 50.7 Å². The molecule has 0 aromatic heterocycles. The second kappa shape index (κ2) is 10.2. The van der Waals surface area contributed by atoms with Crippen LogP contribution in [-0.4, -0.2) is 0 Å². The van der Waals surface area contributed by atoms with Gasteiger partial charge in [0.15, 0.2) is 0 Å². The summed E-state index contributed by atoms with van der Waals surface area (Å²) in [7, 11) is 0. The van der Waals surface area contributed by atoms with Crippen LogP contribution in [0.1, 0.15) is 75.8 Å². The Balaban J connectivity index is 1.75. The highest BCUT2D eigenvalue weighted by Crippen LogP contribution is 2.36. The number of rotatable bonds is 8. The predicted molar refractivity (Wildman–Crippen MR) is 98.4 cm³/mol. The fourth-order valence-electron chi connectivity index (χ4n) is 4.08. The summed E-state index contributed by atoms with van der Waals surface area (Å²) in [6.07, 6.45) is 9.94. The molecule has 0 aliphatic heterocycles. The molecule has 1 aromatic rings. The summed E-state index contributed by atoms with van der Waals surface area (Å²) in [5.74, 6) is -1.76. The van der Waals surface area contributed by atoms with E-state index in [1.165, 1.54) is 32.1 Å². The van der Waals surface area contributed by atoms with Crippen LogP contribution >= 0.6 is 0 Å². The average molecular weight is 388 g/mol. The lowest BCUT2D eigenvalue weighted by Gasteiger charge is -2.28. The molecule has 27 heavy (non-hydrogen) atoms. The van der Waals surface area contributed by atoms with Crippen LogP contribution in [0.3, 0.4) is 0 Å². The smallest absolute Gasteiger partial charge is 0.206 e. The fourth-order valence-corrected chi connectivity index (χ4v) is 4.08. The lowest BCUT2D eigenvalue weighted by atomic mass is 9.77. The molecule has 0 atom stereocenters. The molecule has 5 heteroatoms. The van der Waals surface area contributed by atoms with E-state index in [1.54, 1.807) is 0 Å². The van der Waals surface area contributed by atoms with E-state index in [0.29, 0.717) is 17.9 Å². The number of allylic oxidation sites excluding steroid dienone is 2. The summed E-state index contributed by atoms with van der Waals surface area (Å²) < 4.78 is 65.2. The molecule has 1 fully saturated rings. The van der Waals surface area contributed by atoms with Crippen molar-refractivity contribution < 1.29 is 22.0 Å². The number of hydrogen-bond donors (Lipinski definition) is 0. The number of benzene rings is 1. The molecule has 1 aromatic carbocycles. The van der Waals surface area contributed by atoms with Gasteiger partial charge >= 0.3 is 6.18 Å². The first-order valence-corrected chi connectivity index (χ1v) is 9.97. The quantitative estimate of drug-likeness (QED) is 0.241. The van der Waals surface area contributed by atoms with Crippen molar-refractivity contribution >= 4 is 0 Å². The summed E-state index contributed by atoms with van der Waals surface area (Å²) >= 11 is 0. The monoisotopic (exact) mass is 388 g/mol. The van der Waals surface area contributed by atoms with Crippen LogP contribution in [0.15, 0.2) is 24.3 Å². The molecule has 152 valence electrons. The Kier molecular flexibility index (Phi) is 8.30. The highest BCUT2D eigenvalue weighted by atomic mass is 19.4. The molecule has 0 N–H and O–H groups in total. The molecule has 1 saturated carbocycles. The van der Waals surface area contributed by atoms with Gasteiger partial charge in [-0.05, 0) is 62.1 Å². The molecule has 0 spiro atoms. The lowest BCUT2D eigenvalue weighted by molar-refractivity contribution is -0.142. The zero-order chi connectivity index (χ0) is 19.9.